The van der Waals surface area contributed by atoms with Gasteiger partial charge < -0.3 is 30.6 Å². The normalized spacial score (nSPS) is 26.6. The molecule has 3 aromatic heterocycles. The van der Waals surface area contributed by atoms with Crippen LogP contribution in [0, 0.1) is 0 Å². The number of nitrogen functional groups attached to an aromatic ring is 1. The number of carbonyl (C=O) groups is 3. The van der Waals surface area contributed by atoms with Crippen LogP contribution in [0.15, 0.2) is 41.4 Å². The van der Waals surface area contributed by atoms with E-state index in [1.165, 1.54) is 35.8 Å². The first-order valence-corrected chi connectivity index (χ1v) is 16.8. The molecule has 6 heterocycles. The SMILES string of the molecule is C[C@]1(n2cnc3c(N)ncnc32)CO[C@H](COS(=O)(=O)NCC2=C(C(=O)O)N3C(=O)[C@@H](NC(=O)Cc4cccs4)[C@H]3SC2)[C@H]1O. The molecule has 0 aliphatic carbocycles. The molecule has 0 aromatic carbocycles. The average molecular weight is 681 g/mol. The number of anilines is 1. The molecule has 0 radical (unpaired) electrons. The Morgan fingerprint density at radius 1 is 1.31 bits per heavy atom. The lowest BCUT2D eigenvalue weighted by Crippen LogP contribution is -2.70. The molecule has 2 amide bonds. The number of fused-ring (bicyclic) bond motifs is 2. The van der Waals surface area contributed by atoms with Crippen LogP contribution in [-0.4, -0.2) is 110 Å². The van der Waals surface area contributed by atoms with Crippen molar-refractivity contribution in [3.05, 3.63) is 46.3 Å². The Balaban J connectivity index is 1.06. The number of carboxylic acids is 1. The number of nitrogens with one attached hydrogen (secondary N) is 2. The molecule has 3 aliphatic heterocycles. The van der Waals surface area contributed by atoms with Crippen molar-refractivity contribution < 1.29 is 41.9 Å². The van der Waals surface area contributed by atoms with E-state index in [1.807, 2.05) is 11.4 Å². The standard InChI is InChI=1S/C25H28N8O9S3/c1-25(32-11-29-16-20(26)27-10-28-21(16)32)9-41-14(19(25)35)7-42-45(39,40)30-6-12-8-44-23-17(22(36)33(23)18(12)24(37)38)31-15(34)5-13-3-2-4-43-13/h2-4,10-11,14,17,19,23,30,35H,5-9H2,1H3,(H,31,34)(H,37,38)(H2,26,27,28)/t14-,17-,19-,23-,25+/m1/s1. The molecular formula is C25H28N8O9S3. The van der Waals surface area contributed by atoms with Gasteiger partial charge in [-0.1, -0.05) is 6.07 Å². The number of carboxylic acid groups (broad SMARTS) is 1. The minimum absolute atomic E-state index is 0.0162. The maximum absolute atomic E-state index is 12.9. The highest BCUT2D eigenvalue weighted by atomic mass is 32.2. The van der Waals surface area contributed by atoms with E-state index in [1.54, 1.807) is 17.6 Å². The third-order valence-electron chi connectivity index (χ3n) is 7.82. The van der Waals surface area contributed by atoms with Crippen LogP contribution in [0.3, 0.4) is 0 Å². The van der Waals surface area contributed by atoms with Crippen molar-refractivity contribution in [3.8, 4) is 0 Å². The number of aliphatic hydroxyl groups excluding tert-OH is 1. The lowest BCUT2D eigenvalue weighted by molar-refractivity contribution is -0.150. The fourth-order valence-corrected chi connectivity index (χ4v) is 8.22. The first-order valence-electron chi connectivity index (χ1n) is 13.5. The monoisotopic (exact) mass is 680 g/mol. The van der Waals surface area contributed by atoms with Gasteiger partial charge in [-0.05, 0) is 23.9 Å². The Morgan fingerprint density at radius 2 is 2.11 bits per heavy atom. The van der Waals surface area contributed by atoms with Gasteiger partial charge in [-0.3, -0.25) is 18.7 Å². The molecule has 6 rings (SSSR count). The first-order chi connectivity index (χ1) is 21.4. The minimum atomic E-state index is -4.44. The number of aliphatic carboxylic acids is 1. The van der Waals surface area contributed by atoms with Gasteiger partial charge in [-0.25, -0.2) is 19.7 Å². The molecule has 2 fully saturated rings. The highest BCUT2D eigenvalue weighted by Gasteiger charge is 2.54. The second kappa shape index (κ2) is 11.9. The highest BCUT2D eigenvalue weighted by Crippen LogP contribution is 2.40. The number of rotatable bonds is 11. The molecule has 6 N–H and O–H groups in total. The van der Waals surface area contributed by atoms with Gasteiger partial charge in [0.1, 0.15) is 41.2 Å². The van der Waals surface area contributed by atoms with Crippen LogP contribution in [0.1, 0.15) is 11.8 Å². The lowest BCUT2D eigenvalue weighted by atomic mass is 9.94. The number of nitrogens with two attached hydrogens (primary N) is 1. The van der Waals surface area contributed by atoms with Gasteiger partial charge in [-0.2, -0.15) is 13.1 Å². The van der Waals surface area contributed by atoms with Crippen LogP contribution in [-0.2, 0) is 45.6 Å². The van der Waals surface area contributed by atoms with E-state index in [2.05, 4.69) is 25.0 Å². The molecule has 0 saturated carbocycles. The number of aromatic nitrogens is 4. The Labute approximate surface area is 264 Å². The number of carbonyl (C=O) groups excluding carboxylic acids is 2. The lowest BCUT2D eigenvalue weighted by Gasteiger charge is -2.49. The molecular weight excluding hydrogens is 653 g/mol. The zero-order valence-corrected chi connectivity index (χ0v) is 26.0. The van der Waals surface area contributed by atoms with E-state index < -0.39 is 64.5 Å². The summed E-state index contributed by atoms with van der Waals surface area (Å²) in [7, 11) is -4.44. The van der Waals surface area contributed by atoms with E-state index >= 15 is 0 Å². The number of hydrogen-bond acceptors (Lipinski definition) is 14. The van der Waals surface area contributed by atoms with Crippen molar-refractivity contribution in [2.75, 3.05) is 31.2 Å². The quantitative estimate of drug-likeness (QED) is 0.149. The first kappa shape index (κ1) is 31.3. The van der Waals surface area contributed by atoms with E-state index in [9.17, 15) is 33.0 Å². The van der Waals surface area contributed by atoms with Gasteiger partial charge in [0.2, 0.25) is 5.91 Å². The van der Waals surface area contributed by atoms with Crippen LogP contribution >= 0.6 is 23.1 Å². The summed E-state index contributed by atoms with van der Waals surface area (Å²) in [5, 5.41) is 24.8. The second-order valence-corrected chi connectivity index (χ2v) is 14.3. The number of thioether (sulfide) groups is 1. The molecule has 17 nitrogen and oxygen atoms in total. The van der Waals surface area contributed by atoms with Crippen molar-refractivity contribution in [2.24, 2.45) is 0 Å². The molecule has 0 bridgehead atoms. The Hall–Kier alpha value is -3.66. The van der Waals surface area contributed by atoms with Gasteiger partial charge in [-0.15, -0.1) is 23.1 Å². The zero-order chi connectivity index (χ0) is 32.1. The molecule has 240 valence electrons. The van der Waals surface area contributed by atoms with Gasteiger partial charge in [0.15, 0.2) is 11.5 Å². The number of nitrogens with zero attached hydrogens (tertiary/aromatic N) is 5. The molecule has 2 saturated heterocycles. The second-order valence-electron chi connectivity index (χ2n) is 10.7. The van der Waals surface area contributed by atoms with Gasteiger partial charge in [0, 0.05) is 17.2 Å². The van der Waals surface area contributed by atoms with Crippen molar-refractivity contribution in [1.82, 2.24) is 34.5 Å². The van der Waals surface area contributed by atoms with Gasteiger partial charge in [0.25, 0.3) is 5.91 Å². The topological polar surface area (TPSA) is 241 Å². The van der Waals surface area contributed by atoms with E-state index in [0.717, 1.165) is 9.78 Å². The third kappa shape index (κ3) is 5.77. The van der Waals surface area contributed by atoms with Crippen molar-refractivity contribution in [2.45, 2.75) is 42.5 Å². The van der Waals surface area contributed by atoms with Crippen LogP contribution in [0.2, 0.25) is 0 Å². The number of aliphatic hydroxyl groups is 1. The molecule has 0 spiro atoms. The number of imidazole rings is 1. The smallest absolute Gasteiger partial charge is 0.352 e. The molecule has 45 heavy (non-hydrogen) atoms. The van der Waals surface area contributed by atoms with Crippen LogP contribution < -0.4 is 15.8 Å². The van der Waals surface area contributed by atoms with Crippen molar-refractivity contribution >= 4 is 68.2 Å². The molecule has 5 atom stereocenters. The largest absolute Gasteiger partial charge is 0.477 e. The average Bonchev–Trinajstić information content (AvgIpc) is 3.74. The number of ether oxygens (including phenoxy) is 1. The summed E-state index contributed by atoms with van der Waals surface area (Å²) >= 11 is 2.61. The van der Waals surface area contributed by atoms with Gasteiger partial charge >= 0.3 is 16.3 Å². The molecule has 0 unspecified atom stereocenters. The third-order valence-corrected chi connectivity index (χ3v) is 11.0. The Bertz CT molecular complexity index is 1800. The maximum Gasteiger partial charge on any atom is 0.352 e. The fourth-order valence-electron chi connectivity index (χ4n) is 5.42. The van der Waals surface area contributed by atoms with E-state index in [4.69, 9.17) is 14.7 Å². The summed E-state index contributed by atoms with van der Waals surface area (Å²) < 4.78 is 40.0. The molecule has 3 aliphatic rings. The summed E-state index contributed by atoms with van der Waals surface area (Å²) in [6, 6.07) is 2.71. The predicted octanol–water partition coefficient (Wildman–Crippen LogP) is -1.22. The van der Waals surface area contributed by atoms with E-state index in [0.29, 0.717) is 11.2 Å². The Kier molecular flexibility index (Phi) is 8.31. The van der Waals surface area contributed by atoms with Crippen LogP contribution in [0.25, 0.3) is 11.2 Å². The summed E-state index contributed by atoms with van der Waals surface area (Å²) in [5.41, 5.74) is 5.28. The molecule has 20 heteroatoms. The Morgan fingerprint density at radius 3 is 2.84 bits per heavy atom. The summed E-state index contributed by atoms with van der Waals surface area (Å²) in [6.45, 7) is 0.679. The number of hydrogen-bond donors (Lipinski definition) is 5. The van der Waals surface area contributed by atoms with Gasteiger partial charge in [0.05, 0.1) is 31.5 Å². The van der Waals surface area contributed by atoms with E-state index in [-0.39, 0.29) is 41.8 Å². The molecule has 3 aromatic rings. The number of amides is 2. The van der Waals surface area contributed by atoms with Crippen molar-refractivity contribution in [3.63, 3.8) is 0 Å². The highest BCUT2D eigenvalue weighted by molar-refractivity contribution is 8.00. The fraction of sp³-hybridized carbons (Fsp3) is 0.440. The minimum Gasteiger partial charge on any atom is -0.477 e. The number of thiophene rings is 1. The summed E-state index contributed by atoms with van der Waals surface area (Å²) in [4.78, 5) is 51.6. The zero-order valence-electron chi connectivity index (χ0n) is 23.5. The van der Waals surface area contributed by atoms with Crippen molar-refractivity contribution in [1.29, 1.82) is 0 Å². The summed E-state index contributed by atoms with van der Waals surface area (Å²) in [5.74, 6) is -2.12. The summed E-state index contributed by atoms with van der Waals surface area (Å²) in [6.07, 6.45) is 0.520. The maximum atomic E-state index is 12.9. The number of β-lactam (4-membered cyclic amide) rings is 1. The van der Waals surface area contributed by atoms with Crippen LogP contribution in [0.4, 0.5) is 5.82 Å². The predicted molar refractivity (Wildman–Crippen MR) is 160 cm³/mol. The van der Waals surface area contributed by atoms with Crippen LogP contribution in [0.5, 0.6) is 0 Å².